The van der Waals surface area contributed by atoms with Crippen LogP contribution in [0.5, 0.6) is 0 Å². The van der Waals surface area contributed by atoms with Gasteiger partial charge in [-0.2, -0.15) is 5.10 Å². The maximum atomic E-state index is 12.4. The van der Waals surface area contributed by atoms with Crippen molar-refractivity contribution < 1.29 is 4.79 Å². The highest BCUT2D eigenvalue weighted by Gasteiger charge is 2.24. The van der Waals surface area contributed by atoms with Gasteiger partial charge in [0.15, 0.2) is 5.82 Å². The van der Waals surface area contributed by atoms with Gasteiger partial charge in [0.25, 0.3) is 5.91 Å². The normalized spacial score (nSPS) is 11.2. The smallest absolute Gasteiger partial charge is 0.259 e. The summed E-state index contributed by atoms with van der Waals surface area (Å²) in [5.41, 5.74) is 6.94. The van der Waals surface area contributed by atoms with Gasteiger partial charge in [-0.25, -0.2) is 0 Å². The molecule has 1 rings (SSSR count). The molecule has 3 N–H and O–H groups in total. The third kappa shape index (κ3) is 2.99. The van der Waals surface area contributed by atoms with Crippen LogP contribution in [-0.2, 0) is 0 Å². The van der Waals surface area contributed by atoms with Crippen LogP contribution in [0, 0.1) is 12.8 Å². The summed E-state index contributed by atoms with van der Waals surface area (Å²) in [5.74, 6) is 0.661. The Bertz CT molecular complexity index is 376. The van der Waals surface area contributed by atoms with Gasteiger partial charge >= 0.3 is 0 Å². The molecule has 5 heteroatoms. The number of nitrogens with zero attached hydrogens (tertiary/aromatic N) is 2. The number of nitrogen functional groups attached to an aromatic ring is 1. The molecule has 17 heavy (non-hydrogen) atoms. The SMILES string of the molecule is Cc1[nH]nc(N)c1C(=O)N(CC(C)C)C(C)C. The zero-order chi connectivity index (χ0) is 13.2. The summed E-state index contributed by atoms with van der Waals surface area (Å²) in [5, 5.41) is 6.61. The van der Waals surface area contributed by atoms with Crippen molar-refractivity contribution in [2.24, 2.45) is 5.92 Å². The number of hydrogen-bond acceptors (Lipinski definition) is 3. The topological polar surface area (TPSA) is 75.0 Å². The number of aryl methyl sites for hydroxylation is 1. The van der Waals surface area contributed by atoms with Gasteiger partial charge in [-0.05, 0) is 26.7 Å². The van der Waals surface area contributed by atoms with E-state index in [-0.39, 0.29) is 17.8 Å². The van der Waals surface area contributed by atoms with Crippen LogP contribution in [0.4, 0.5) is 5.82 Å². The van der Waals surface area contributed by atoms with Crippen LogP contribution in [0.3, 0.4) is 0 Å². The van der Waals surface area contributed by atoms with Crippen molar-refractivity contribution in [3.63, 3.8) is 0 Å². The molecule has 1 heterocycles. The molecule has 0 saturated carbocycles. The van der Waals surface area contributed by atoms with E-state index in [0.717, 1.165) is 12.2 Å². The number of anilines is 1. The van der Waals surface area contributed by atoms with Gasteiger partial charge in [-0.15, -0.1) is 0 Å². The summed E-state index contributed by atoms with van der Waals surface area (Å²) in [7, 11) is 0. The minimum Gasteiger partial charge on any atom is -0.382 e. The highest BCUT2D eigenvalue weighted by molar-refractivity contribution is 5.99. The molecule has 96 valence electrons. The maximum Gasteiger partial charge on any atom is 0.259 e. The molecule has 0 aliphatic rings. The Morgan fingerprint density at radius 1 is 1.41 bits per heavy atom. The van der Waals surface area contributed by atoms with E-state index in [1.165, 1.54) is 0 Å². The zero-order valence-corrected chi connectivity index (χ0v) is 11.2. The molecule has 0 aliphatic heterocycles. The molecule has 5 nitrogen and oxygen atoms in total. The molecule has 0 spiro atoms. The van der Waals surface area contributed by atoms with Crippen molar-refractivity contribution >= 4 is 11.7 Å². The van der Waals surface area contributed by atoms with E-state index in [1.807, 2.05) is 25.7 Å². The third-order valence-electron chi connectivity index (χ3n) is 2.64. The van der Waals surface area contributed by atoms with Gasteiger partial charge in [0, 0.05) is 18.3 Å². The largest absolute Gasteiger partial charge is 0.382 e. The van der Waals surface area contributed by atoms with Crippen molar-refractivity contribution in [3.05, 3.63) is 11.3 Å². The van der Waals surface area contributed by atoms with Crippen molar-refractivity contribution in [2.75, 3.05) is 12.3 Å². The molecule has 1 amide bonds. The molecule has 0 atom stereocenters. The second-order valence-corrected chi connectivity index (χ2v) is 5.05. The quantitative estimate of drug-likeness (QED) is 0.840. The lowest BCUT2D eigenvalue weighted by Crippen LogP contribution is -2.40. The van der Waals surface area contributed by atoms with Crippen LogP contribution in [0.25, 0.3) is 0 Å². The Labute approximate surface area is 102 Å². The van der Waals surface area contributed by atoms with Crippen LogP contribution in [0.2, 0.25) is 0 Å². The van der Waals surface area contributed by atoms with E-state index >= 15 is 0 Å². The minimum atomic E-state index is -0.0440. The first-order valence-electron chi connectivity index (χ1n) is 5.96. The van der Waals surface area contributed by atoms with E-state index in [1.54, 1.807) is 0 Å². The molecule has 1 aromatic heterocycles. The number of carbonyl (C=O) groups excluding carboxylic acids is 1. The van der Waals surface area contributed by atoms with Crippen LogP contribution in [-0.4, -0.2) is 33.6 Å². The van der Waals surface area contributed by atoms with Gasteiger partial charge in [0.1, 0.15) is 5.56 Å². The van der Waals surface area contributed by atoms with Crippen LogP contribution in [0.1, 0.15) is 43.7 Å². The number of rotatable bonds is 4. The third-order valence-corrected chi connectivity index (χ3v) is 2.64. The second kappa shape index (κ2) is 5.21. The highest BCUT2D eigenvalue weighted by Crippen LogP contribution is 2.17. The van der Waals surface area contributed by atoms with Crippen LogP contribution >= 0.6 is 0 Å². The Hall–Kier alpha value is -1.52. The van der Waals surface area contributed by atoms with Gasteiger partial charge in [0.05, 0.1) is 0 Å². The van der Waals surface area contributed by atoms with Gasteiger partial charge in [-0.3, -0.25) is 9.89 Å². The summed E-state index contributed by atoms with van der Waals surface area (Å²) in [6.45, 7) is 10.7. The number of carbonyl (C=O) groups is 1. The zero-order valence-electron chi connectivity index (χ0n) is 11.2. The highest BCUT2D eigenvalue weighted by atomic mass is 16.2. The number of nitrogens with two attached hydrogens (primary N) is 1. The fourth-order valence-corrected chi connectivity index (χ4v) is 1.78. The molecule has 1 aromatic rings. The van der Waals surface area contributed by atoms with E-state index in [9.17, 15) is 4.79 Å². The predicted octanol–water partition coefficient (Wildman–Crippen LogP) is 1.81. The van der Waals surface area contributed by atoms with Gasteiger partial charge < -0.3 is 10.6 Å². The second-order valence-electron chi connectivity index (χ2n) is 5.05. The minimum absolute atomic E-state index is 0.0440. The van der Waals surface area contributed by atoms with Crippen molar-refractivity contribution in [1.29, 1.82) is 0 Å². The molecular weight excluding hydrogens is 216 g/mol. The van der Waals surface area contributed by atoms with E-state index < -0.39 is 0 Å². The summed E-state index contributed by atoms with van der Waals surface area (Å²) in [6, 6.07) is 0.151. The molecule has 0 bridgehead atoms. The lowest BCUT2D eigenvalue weighted by atomic mass is 10.1. The Kier molecular flexibility index (Phi) is 4.15. The average Bonchev–Trinajstić information content (AvgIpc) is 2.53. The first kappa shape index (κ1) is 13.5. The first-order valence-corrected chi connectivity index (χ1v) is 5.96. The molecule has 0 aromatic carbocycles. The van der Waals surface area contributed by atoms with Crippen molar-refractivity contribution in [2.45, 2.75) is 40.7 Å². The number of nitrogens with one attached hydrogen (secondary N) is 1. The van der Waals surface area contributed by atoms with E-state index in [0.29, 0.717) is 11.5 Å². The fourth-order valence-electron chi connectivity index (χ4n) is 1.78. The molecule has 0 fully saturated rings. The Morgan fingerprint density at radius 3 is 2.35 bits per heavy atom. The summed E-state index contributed by atoms with van der Waals surface area (Å²) in [6.07, 6.45) is 0. The van der Waals surface area contributed by atoms with Crippen LogP contribution in [0.15, 0.2) is 0 Å². The van der Waals surface area contributed by atoms with Gasteiger partial charge in [-0.1, -0.05) is 13.8 Å². The van der Waals surface area contributed by atoms with E-state index in [4.69, 9.17) is 5.73 Å². The molecule has 0 radical (unpaired) electrons. The summed E-state index contributed by atoms with van der Waals surface area (Å²) >= 11 is 0. The van der Waals surface area contributed by atoms with Crippen LogP contribution < -0.4 is 5.73 Å². The molecule has 0 aliphatic carbocycles. The number of H-pyrrole nitrogens is 1. The standard InChI is InChI=1S/C12H22N4O/c1-7(2)6-16(8(3)4)12(17)10-9(5)14-15-11(10)13/h7-8H,6H2,1-5H3,(H3,13,14,15). The van der Waals surface area contributed by atoms with E-state index in [2.05, 4.69) is 24.0 Å². The number of hydrogen-bond donors (Lipinski definition) is 2. The molecular formula is C12H22N4O. The molecule has 0 unspecified atom stereocenters. The van der Waals surface area contributed by atoms with Crippen molar-refractivity contribution in [1.82, 2.24) is 15.1 Å². The summed E-state index contributed by atoms with van der Waals surface area (Å²) in [4.78, 5) is 14.2. The lowest BCUT2D eigenvalue weighted by Gasteiger charge is -2.28. The lowest BCUT2D eigenvalue weighted by molar-refractivity contribution is 0.0682. The van der Waals surface area contributed by atoms with Crippen molar-refractivity contribution in [3.8, 4) is 0 Å². The fraction of sp³-hybridized carbons (Fsp3) is 0.667. The van der Waals surface area contributed by atoms with Gasteiger partial charge in [0.2, 0.25) is 0 Å². The number of amides is 1. The molecule has 0 saturated heterocycles. The summed E-state index contributed by atoms with van der Waals surface area (Å²) < 4.78 is 0. The predicted molar refractivity (Wildman–Crippen MR) is 68.7 cm³/mol. The maximum absolute atomic E-state index is 12.4. The number of aromatic nitrogens is 2. The Morgan fingerprint density at radius 2 is 2.00 bits per heavy atom. The Balaban J connectivity index is 3.00. The number of aromatic amines is 1. The first-order chi connectivity index (χ1) is 7.84. The monoisotopic (exact) mass is 238 g/mol. The average molecular weight is 238 g/mol.